The molecule has 94 valence electrons. The molecule has 0 radical (unpaired) electrons. The Morgan fingerprint density at radius 1 is 1.50 bits per heavy atom. The second kappa shape index (κ2) is 3.73. The maximum Gasteiger partial charge on any atom is 0.191 e. The van der Waals surface area contributed by atoms with E-state index in [0.29, 0.717) is 17.3 Å². The molecule has 0 aliphatic heterocycles. The van der Waals surface area contributed by atoms with Gasteiger partial charge in [0.25, 0.3) is 0 Å². The summed E-state index contributed by atoms with van der Waals surface area (Å²) in [5.74, 6) is -0.272. The number of hydrogen-bond acceptors (Lipinski definition) is 3. The molecule has 3 rings (SSSR count). The predicted octanol–water partition coefficient (Wildman–Crippen LogP) is 2.07. The van der Waals surface area contributed by atoms with Crippen LogP contribution in [-0.4, -0.2) is 11.7 Å². The van der Waals surface area contributed by atoms with Gasteiger partial charge in [0.15, 0.2) is 11.2 Å². The predicted molar refractivity (Wildman–Crippen MR) is 67.4 cm³/mol. The lowest BCUT2D eigenvalue weighted by Gasteiger charge is -2.14. The maximum absolute atomic E-state index is 13.7. The minimum atomic E-state index is -0.620. The average Bonchev–Trinajstić information content (AvgIpc) is 3.17. The van der Waals surface area contributed by atoms with Crippen LogP contribution in [0.5, 0.6) is 5.75 Å². The van der Waals surface area contributed by atoms with Crippen LogP contribution in [0.3, 0.4) is 0 Å². The van der Waals surface area contributed by atoms with Gasteiger partial charge in [-0.05, 0) is 12.8 Å². The number of anilines is 1. The van der Waals surface area contributed by atoms with Crippen molar-refractivity contribution in [2.75, 3.05) is 12.8 Å². The number of methoxy groups -OCH3 is 1. The normalized spacial score (nSPS) is 15.0. The molecule has 4 nitrogen and oxygen atoms in total. The molecular weight excluding hydrogens is 235 g/mol. The van der Waals surface area contributed by atoms with Crippen LogP contribution in [0.15, 0.2) is 23.1 Å². The lowest BCUT2D eigenvalue weighted by atomic mass is 10.1. The number of hydrogen-bond donors (Lipinski definition) is 1. The molecule has 0 amide bonds. The average molecular weight is 248 g/mol. The third-order valence-corrected chi connectivity index (χ3v) is 3.31. The molecule has 1 aliphatic rings. The van der Waals surface area contributed by atoms with Gasteiger partial charge >= 0.3 is 0 Å². The van der Waals surface area contributed by atoms with E-state index in [-0.39, 0.29) is 16.5 Å². The van der Waals surface area contributed by atoms with E-state index >= 15 is 0 Å². The Hall–Kier alpha value is -2.04. The van der Waals surface area contributed by atoms with Gasteiger partial charge in [0.1, 0.15) is 5.75 Å². The minimum Gasteiger partial charge on any atom is -0.494 e. The number of halogens is 1. The molecule has 5 heteroatoms. The fourth-order valence-electron chi connectivity index (χ4n) is 2.26. The molecule has 18 heavy (non-hydrogen) atoms. The Labute approximate surface area is 103 Å². The van der Waals surface area contributed by atoms with Crippen LogP contribution in [0.2, 0.25) is 0 Å². The number of nitrogens with two attached hydrogens (primary N) is 1. The second-order valence-corrected chi connectivity index (χ2v) is 4.52. The summed E-state index contributed by atoms with van der Waals surface area (Å²) in [5.41, 5.74) is 5.89. The summed E-state index contributed by atoms with van der Waals surface area (Å²) >= 11 is 0. The second-order valence-electron chi connectivity index (χ2n) is 4.52. The molecule has 1 aromatic carbocycles. The van der Waals surface area contributed by atoms with Gasteiger partial charge in [-0.15, -0.1) is 0 Å². The van der Waals surface area contributed by atoms with Crippen molar-refractivity contribution in [2.45, 2.75) is 18.9 Å². The van der Waals surface area contributed by atoms with Crippen LogP contribution in [0.25, 0.3) is 10.9 Å². The van der Waals surface area contributed by atoms with Crippen molar-refractivity contribution >= 4 is 16.6 Å². The Balaban J connectivity index is 2.50. The van der Waals surface area contributed by atoms with Crippen LogP contribution in [0, 0.1) is 5.82 Å². The van der Waals surface area contributed by atoms with E-state index < -0.39 is 5.82 Å². The third-order valence-electron chi connectivity index (χ3n) is 3.31. The quantitative estimate of drug-likeness (QED) is 0.828. The highest BCUT2D eigenvalue weighted by atomic mass is 19.1. The zero-order valence-electron chi connectivity index (χ0n) is 9.94. The van der Waals surface area contributed by atoms with E-state index in [0.717, 1.165) is 12.8 Å². The molecule has 1 aliphatic carbocycles. The molecule has 2 aromatic rings. The van der Waals surface area contributed by atoms with Gasteiger partial charge in [0.2, 0.25) is 0 Å². The topological polar surface area (TPSA) is 57.2 Å². The van der Waals surface area contributed by atoms with Crippen LogP contribution in [0.1, 0.15) is 18.9 Å². The van der Waals surface area contributed by atoms with Crippen LogP contribution >= 0.6 is 0 Å². The van der Waals surface area contributed by atoms with Crippen molar-refractivity contribution in [3.63, 3.8) is 0 Å². The molecule has 2 N–H and O–H groups in total. The fourth-order valence-corrected chi connectivity index (χ4v) is 2.26. The summed E-state index contributed by atoms with van der Waals surface area (Å²) in [4.78, 5) is 11.9. The number of aromatic nitrogens is 1. The molecular formula is C13H13FN2O2. The molecule has 1 saturated carbocycles. The Morgan fingerprint density at radius 2 is 2.22 bits per heavy atom. The summed E-state index contributed by atoms with van der Waals surface area (Å²) in [6, 6.07) is 3.01. The molecule has 1 aromatic heterocycles. The molecule has 0 spiro atoms. The van der Waals surface area contributed by atoms with Gasteiger partial charge in [0, 0.05) is 24.4 Å². The molecule has 0 bridgehead atoms. The zero-order valence-corrected chi connectivity index (χ0v) is 9.94. The van der Waals surface area contributed by atoms with Crippen molar-refractivity contribution in [3.8, 4) is 5.75 Å². The van der Waals surface area contributed by atoms with Crippen LogP contribution in [-0.2, 0) is 0 Å². The van der Waals surface area contributed by atoms with E-state index in [1.807, 2.05) is 4.57 Å². The molecule has 1 heterocycles. The number of nitrogens with zero attached hydrogens (tertiary/aromatic N) is 1. The standard InChI is InChI=1S/C13H13FN2O2/c1-18-10-6-8(14)12(15)11-9(17)4-5-16(13(10)11)7-2-3-7/h4-7H,2-3,15H2,1H3. The summed E-state index contributed by atoms with van der Waals surface area (Å²) < 4.78 is 20.8. The van der Waals surface area contributed by atoms with E-state index in [9.17, 15) is 9.18 Å². The summed E-state index contributed by atoms with van der Waals surface area (Å²) in [6.07, 6.45) is 3.83. The Morgan fingerprint density at radius 3 is 2.83 bits per heavy atom. The monoisotopic (exact) mass is 248 g/mol. The zero-order chi connectivity index (χ0) is 12.9. The van der Waals surface area contributed by atoms with Crippen molar-refractivity contribution < 1.29 is 9.13 Å². The lowest BCUT2D eigenvalue weighted by molar-refractivity contribution is 0.414. The summed E-state index contributed by atoms with van der Waals surface area (Å²) in [5, 5.41) is 0.209. The van der Waals surface area contributed by atoms with E-state index in [1.54, 1.807) is 6.20 Å². The van der Waals surface area contributed by atoms with Crippen molar-refractivity contribution in [2.24, 2.45) is 0 Å². The van der Waals surface area contributed by atoms with Gasteiger partial charge in [-0.1, -0.05) is 0 Å². The lowest BCUT2D eigenvalue weighted by Crippen LogP contribution is -2.11. The third kappa shape index (κ3) is 1.47. The Bertz CT molecular complexity index is 689. The molecule has 0 unspecified atom stereocenters. The fraction of sp³-hybridized carbons (Fsp3) is 0.308. The molecule has 1 fully saturated rings. The maximum atomic E-state index is 13.7. The number of pyridine rings is 1. The van der Waals surface area contributed by atoms with Gasteiger partial charge in [0.05, 0.1) is 23.7 Å². The summed E-state index contributed by atoms with van der Waals surface area (Å²) in [7, 11) is 1.46. The molecule has 0 atom stereocenters. The first-order valence-corrected chi connectivity index (χ1v) is 5.80. The Kier molecular flexibility index (Phi) is 2.29. The van der Waals surface area contributed by atoms with Crippen LogP contribution in [0.4, 0.5) is 10.1 Å². The highest BCUT2D eigenvalue weighted by molar-refractivity contribution is 5.95. The van der Waals surface area contributed by atoms with E-state index in [2.05, 4.69) is 0 Å². The SMILES string of the molecule is COc1cc(F)c(N)c2c(=O)ccn(C3CC3)c12. The van der Waals surface area contributed by atoms with Gasteiger partial charge in [-0.25, -0.2) is 4.39 Å². The highest BCUT2D eigenvalue weighted by Gasteiger charge is 2.26. The van der Waals surface area contributed by atoms with Crippen LogP contribution < -0.4 is 15.9 Å². The van der Waals surface area contributed by atoms with Crippen molar-refractivity contribution in [1.29, 1.82) is 0 Å². The van der Waals surface area contributed by atoms with E-state index in [1.165, 1.54) is 19.2 Å². The number of rotatable bonds is 2. The summed E-state index contributed by atoms with van der Waals surface area (Å²) in [6.45, 7) is 0. The number of benzene rings is 1. The first kappa shape index (κ1) is 11.1. The first-order valence-electron chi connectivity index (χ1n) is 5.80. The first-order chi connectivity index (χ1) is 8.63. The minimum absolute atomic E-state index is 0.106. The largest absolute Gasteiger partial charge is 0.494 e. The highest BCUT2D eigenvalue weighted by Crippen LogP contribution is 2.40. The number of nitrogen functional groups attached to an aromatic ring is 1. The van der Waals surface area contributed by atoms with Gasteiger partial charge in [-0.2, -0.15) is 0 Å². The van der Waals surface area contributed by atoms with Crippen molar-refractivity contribution in [3.05, 3.63) is 34.4 Å². The number of ether oxygens (including phenoxy) is 1. The molecule has 0 saturated heterocycles. The van der Waals surface area contributed by atoms with Gasteiger partial charge in [-0.3, -0.25) is 4.79 Å². The smallest absolute Gasteiger partial charge is 0.191 e. The van der Waals surface area contributed by atoms with E-state index in [4.69, 9.17) is 10.5 Å². The number of fused-ring (bicyclic) bond motifs is 1. The van der Waals surface area contributed by atoms with Crippen molar-refractivity contribution in [1.82, 2.24) is 4.57 Å². The van der Waals surface area contributed by atoms with Gasteiger partial charge < -0.3 is 15.0 Å².